The molecule has 1 aromatic carbocycles. The van der Waals surface area contributed by atoms with Gasteiger partial charge in [0.2, 0.25) is 15.8 Å². The van der Waals surface area contributed by atoms with E-state index in [1.54, 1.807) is 13.8 Å². The predicted octanol–water partition coefficient (Wildman–Crippen LogP) is 2.94. The lowest BCUT2D eigenvalue weighted by Crippen LogP contribution is -2.50. The number of aromatic nitrogens is 2. The van der Waals surface area contributed by atoms with Crippen LogP contribution in [0.2, 0.25) is 0 Å². The van der Waals surface area contributed by atoms with Gasteiger partial charge in [0.25, 0.3) is 0 Å². The van der Waals surface area contributed by atoms with Gasteiger partial charge in [0.1, 0.15) is 17.3 Å². The Balaban J connectivity index is 1.68. The number of rotatable bonds is 6. The van der Waals surface area contributed by atoms with E-state index in [4.69, 9.17) is 4.74 Å². The molecule has 4 rings (SSSR count). The van der Waals surface area contributed by atoms with Crippen LogP contribution in [0.5, 0.6) is 5.75 Å². The Bertz CT molecular complexity index is 1190. The number of anilines is 1. The van der Waals surface area contributed by atoms with Crippen LogP contribution in [0.15, 0.2) is 29.2 Å². The molecule has 1 aliphatic heterocycles. The second-order valence-electron chi connectivity index (χ2n) is 9.34. The number of nitrogens with zero attached hydrogens (tertiary/aromatic N) is 4. The van der Waals surface area contributed by atoms with Crippen molar-refractivity contribution in [1.29, 1.82) is 0 Å². The fraction of sp³-hybridized carbons (Fsp3) is 0.565. The molecule has 0 amide bonds. The monoisotopic (exact) mass is 496 g/mol. The molecular formula is C23H30F2N4O4S. The maximum absolute atomic E-state index is 13.8. The molecule has 2 heterocycles. The van der Waals surface area contributed by atoms with E-state index in [-0.39, 0.29) is 30.6 Å². The smallest absolute Gasteiger partial charge is 0.316 e. The van der Waals surface area contributed by atoms with Gasteiger partial charge in [-0.05, 0) is 51.2 Å². The molecule has 2 aromatic rings. The van der Waals surface area contributed by atoms with Crippen molar-refractivity contribution < 1.29 is 21.9 Å². The summed E-state index contributed by atoms with van der Waals surface area (Å²) in [5.74, 6) is -1.09. The van der Waals surface area contributed by atoms with E-state index in [1.165, 1.54) is 10.5 Å². The van der Waals surface area contributed by atoms with Crippen LogP contribution in [0.1, 0.15) is 40.0 Å². The van der Waals surface area contributed by atoms with Crippen molar-refractivity contribution in [3.8, 4) is 11.4 Å². The largest absolute Gasteiger partial charge is 0.483 e. The van der Waals surface area contributed by atoms with Crippen molar-refractivity contribution >= 4 is 15.7 Å². The van der Waals surface area contributed by atoms with Gasteiger partial charge in [-0.3, -0.25) is 4.79 Å². The van der Waals surface area contributed by atoms with Crippen LogP contribution in [0.25, 0.3) is 5.69 Å². The Morgan fingerprint density at radius 3 is 2.26 bits per heavy atom. The third kappa shape index (κ3) is 4.95. The molecule has 0 radical (unpaired) electrons. The van der Waals surface area contributed by atoms with E-state index in [0.717, 1.165) is 42.1 Å². The Morgan fingerprint density at radius 2 is 1.71 bits per heavy atom. The minimum Gasteiger partial charge on any atom is -0.483 e. The summed E-state index contributed by atoms with van der Waals surface area (Å²) in [5, 5.41) is 3.66. The van der Waals surface area contributed by atoms with Gasteiger partial charge >= 0.3 is 5.56 Å². The molecule has 11 heteroatoms. The summed E-state index contributed by atoms with van der Waals surface area (Å²) in [6.45, 7) is 6.70. The van der Waals surface area contributed by atoms with Crippen molar-refractivity contribution in [3.63, 3.8) is 0 Å². The first-order chi connectivity index (χ1) is 16.1. The molecule has 186 valence electrons. The Kier molecular flexibility index (Phi) is 6.95. The van der Waals surface area contributed by atoms with E-state index in [0.29, 0.717) is 24.7 Å². The third-order valence-electron chi connectivity index (χ3n) is 6.47. The number of benzene rings is 1. The van der Waals surface area contributed by atoms with E-state index >= 15 is 0 Å². The molecule has 1 aliphatic carbocycles. The molecule has 2 aliphatic rings. The molecule has 0 N–H and O–H groups in total. The van der Waals surface area contributed by atoms with Crippen LogP contribution in [-0.4, -0.2) is 60.0 Å². The zero-order valence-corrected chi connectivity index (χ0v) is 20.4. The molecule has 34 heavy (non-hydrogen) atoms. The van der Waals surface area contributed by atoms with Gasteiger partial charge in [0.15, 0.2) is 0 Å². The normalized spacial score (nSPS) is 21.9. The Labute approximate surface area is 198 Å². The predicted molar refractivity (Wildman–Crippen MR) is 125 cm³/mol. The molecule has 2 atom stereocenters. The van der Waals surface area contributed by atoms with Gasteiger partial charge in [0, 0.05) is 32.2 Å². The summed E-state index contributed by atoms with van der Waals surface area (Å²) < 4.78 is 61.2. The number of hydrogen-bond acceptors (Lipinski definition) is 6. The van der Waals surface area contributed by atoms with Gasteiger partial charge in [0.05, 0.1) is 23.2 Å². The number of hydrogen-bond donors (Lipinski definition) is 0. The SMILES string of the molecule is CC1CCC(Oc2c(N3CCN(S(=O)(=O)C(C)C)CC3)cnn(-c3cc(F)cc(F)c3)c2=O)C1. The fourth-order valence-electron chi connectivity index (χ4n) is 4.52. The highest BCUT2D eigenvalue weighted by Gasteiger charge is 2.32. The summed E-state index contributed by atoms with van der Waals surface area (Å²) in [5.41, 5.74) is -0.190. The molecule has 1 saturated carbocycles. The van der Waals surface area contributed by atoms with Crippen LogP contribution in [0.3, 0.4) is 0 Å². The minimum absolute atomic E-state index is 0.0356. The summed E-state index contributed by atoms with van der Waals surface area (Å²) in [6, 6.07) is 2.80. The second kappa shape index (κ2) is 9.61. The standard InChI is InChI=1S/C23H30F2N4O4S/c1-15(2)34(31,32)28-8-6-27(7-9-28)21-14-26-29(19-12-17(24)11-18(25)13-19)23(30)22(21)33-20-5-4-16(3)10-20/h11-16,20H,4-10H2,1-3H3. The number of sulfonamides is 1. The fourth-order valence-corrected chi connectivity index (χ4v) is 5.79. The molecule has 2 fully saturated rings. The molecule has 8 nitrogen and oxygen atoms in total. The molecule has 0 spiro atoms. The highest BCUT2D eigenvalue weighted by atomic mass is 32.2. The quantitative estimate of drug-likeness (QED) is 0.612. The first-order valence-electron chi connectivity index (χ1n) is 11.6. The van der Waals surface area contributed by atoms with E-state index in [9.17, 15) is 22.0 Å². The average Bonchev–Trinajstić information content (AvgIpc) is 3.19. The summed E-state index contributed by atoms with van der Waals surface area (Å²) in [6.07, 6.45) is 3.89. The topological polar surface area (TPSA) is 84.7 Å². The van der Waals surface area contributed by atoms with Crippen molar-refractivity contribution in [3.05, 3.63) is 46.4 Å². The number of ether oxygens (including phenoxy) is 1. The summed E-state index contributed by atoms with van der Waals surface area (Å²) in [4.78, 5) is 15.3. The van der Waals surface area contributed by atoms with Gasteiger partial charge in [-0.25, -0.2) is 17.2 Å². The van der Waals surface area contributed by atoms with Gasteiger partial charge in [-0.2, -0.15) is 14.1 Å². The maximum Gasteiger partial charge on any atom is 0.316 e. The lowest BCUT2D eigenvalue weighted by molar-refractivity contribution is 0.201. The maximum atomic E-state index is 13.8. The van der Waals surface area contributed by atoms with Gasteiger partial charge in [-0.15, -0.1) is 0 Å². The average molecular weight is 497 g/mol. The lowest BCUT2D eigenvalue weighted by Gasteiger charge is -2.36. The van der Waals surface area contributed by atoms with Crippen molar-refractivity contribution in [2.75, 3.05) is 31.1 Å². The first kappa shape index (κ1) is 24.6. The van der Waals surface area contributed by atoms with Crippen LogP contribution in [-0.2, 0) is 10.0 Å². The Morgan fingerprint density at radius 1 is 1.06 bits per heavy atom. The zero-order valence-electron chi connectivity index (χ0n) is 19.6. The van der Waals surface area contributed by atoms with Crippen LogP contribution in [0, 0.1) is 17.6 Å². The highest BCUT2D eigenvalue weighted by molar-refractivity contribution is 7.89. The Hall–Kier alpha value is -2.53. The third-order valence-corrected chi connectivity index (χ3v) is 8.75. The molecule has 1 saturated heterocycles. The van der Waals surface area contributed by atoms with E-state index < -0.39 is 32.5 Å². The van der Waals surface area contributed by atoms with Crippen LogP contribution in [0.4, 0.5) is 14.5 Å². The van der Waals surface area contributed by atoms with Gasteiger partial charge in [-0.1, -0.05) is 6.92 Å². The van der Waals surface area contributed by atoms with Crippen molar-refractivity contribution in [2.45, 2.75) is 51.4 Å². The summed E-state index contributed by atoms with van der Waals surface area (Å²) in [7, 11) is -3.38. The van der Waals surface area contributed by atoms with Crippen molar-refractivity contribution in [1.82, 2.24) is 14.1 Å². The van der Waals surface area contributed by atoms with E-state index in [1.807, 2.05) is 4.90 Å². The summed E-state index contributed by atoms with van der Waals surface area (Å²) >= 11 is 0. The second-order valence-corrected chi connectivity index (χ2v) is 11.8. The molecular weight excluding hydrogens is 466 g/mol. The highest BCUT2D eigenvalue weighted by Crippen LogP contribution is 2.32. The van der Waals surface area contributed by atoms with Crippen LogP contribution < -0.4 is 15.2 Å². The van der Waals surface area contributed by atoms with Gasteiger partial charge < -0.3 is 9.64 Å². The van der Waals surface area contributed by atoms with Crippen molar-refractivity contribution in [2.24, 2.45) is 5.92 Å². The van der Waals surface area contributed by atoms with Crippen LogP contribution >= 0.6 is 0 Å². The molecule has 0 bridgehead atoms. The first-order valence-corrected chi connectivity index (χ1v) is 13.1. The van der Waals surface area contributed by atoms with E-state index in [2.05, 4.69) is 12.0 Å². The molecule has 1 aromatic heterocycles. The lowest BCUT2D eigenvalue weighted by atomic mass is 10.1. The number of halogens is 2. The molecule has 2 unspecified atom stereocenters. The number of piperazine rings is 1. The minimum atomic E-state index is -3.38. The zero-order chi connectivity index (χ0) is 24.6.